The summed E-state index contributed by atoms with van der Waals surface area (Å²) in [4.78, 5) is 16.1. The minimum atomic E-state index is -0.181. The van der Waals surface area contributed by atoms with Gasteiger partial charge in [0.15, 0.2) is 5.82 Å². The van der Waals surface area contributed by atoms with Gasteiger partial charge in [-0.3, -0.25) is 4.79 Å². The van der Waals surface area contributed by atoms with Crippen LogP contribution in [0.25, 0.3) is 5.82 Å². The number of nitrogens with zero attached hydrogens (tertiary/aromatic N) is 3. The van der Waals surface area contributed by atoms with Crippen LogP contribution in [0.2, 0.25) is 0 Å². The van der Waals surface area contributed by atoms with Crippen molar-refractivity contribution in [3.05, 3.63) is 42.4 Å². The van der Waals surface area contributed by atoms with Gasteiger partial charge >= 0.3 is 0 Å². The average Bonchev–Trinajstić information content (AvgIpc) is 2.93. The molecule has 0 atom stereocenters. The number of amides is 1. The quantitative estimate of drug-likeness (QED) is 0.739. The summed E-state index contributed by atoms with van der Waals surface area (Å²) in [5, 5.41) is 9.81. The van der Waals surface area contributed by atoms with Gasteiger partial charge in [-0.2, -0.15) is 5.10 Å². The molecule has 2 N–H and O–H groups in total. The second-order valence-electron chi connectivity index (χ2n) is 3.69. The zero-order valence-electron chi connectivity index (χ0n) is 10.1. The third-order valence-electron chi connectivity index (χ3n) is 2.37. The van der Waals surface area contributed by atoms with Gasteiger partial charge in [0.25, 0.3) is 5.91 Å². The molecular weight excluding hydrogens is 230 g/mol. The lowest BCUT2D eigenvalue weighted by molar-refractivity contribution is 0.0949. The summed E-state index contributed by atoms with van der Waals surface area (Å²) in [5.41, 5.74) is 0.388. The molecule has 0 saturated heterocycles. The smallest absolute Gasteiger partial charge is 0.270 e. The Hall–Kier alpha value is -2.21. The SMILES string of the molecule is CNCCNC(=O)c1cccc(-n2cccn2)n1. The Labute approximate surface area is 105 Å². The van der Waals surface area contributed by atoms with Crippen molar-refractivity contribution >= 4 is 5.91 Å². The van der Waals surface area contributed by atoms with Crippen molar-refractivity contribution in [2.24, 2.45) is 0 Å². The normalized spacial score (nSPS) is 10.3. The van der Waals surface area contributed by atoms with Crippen LogP contribution in [0.5, 0.6) is 0 Å². The predicted molar refractivity (Wildman–Crippen MR) is 67.6 cm³/mol. The van der Waals surface area contributed by atoms with Crippen LogP contribution in [0.3, 0.4) is 0 Å². The van der Waals surface area contributed by atoms with Crippen LogP contribution in [-0.4, -0.2) is 40.8 Å². The summed E-state index contributed by atoms with van der Waals surface area (Å²) in [5.74, 6) is 0.445. The van der Waals surface area contributed by atoms with E-state index in [1.54, 1.807) is 41.3 Å². The molecule has 6 nitrogen and oxygen atoms in total. The van der Waals surface area contributed by atoms with Crippen LogP contribution in [0.15, 0.2) is 36.7 Å². The lowest BCUT2D eigenvalue weighted by Gasteiger charge is -2.05. The Morgan fingerprint density at radius 2 is 2.22 bits per heavy atom. The van der Waals surface area contributed by atoms with Crippen molar-refractivity contribution in [3.63, 3.8) is 0 Å². The zero-order chi connectivity index (χ0) is 12.8. The largest absolute Gasteiger partial charge is 0.349 e. The summed E-state index contributed by atoms with van der Waals surface area (Å²) in [6.07, 6.45) is 3.45. The summed E-state index contributed by atoms with van der Waals surface area (Å²) < 4.78 is 1.62. The molecule has 18 heavy (non-hydrogen) atoms. The molecule has 0 unspecified atom stereocenters. The van der Waals surface area contributed by atoms with E-state index in [0.29, 0.717) is 18.1 Å². The fraction of sp³-hybridized carbons (Fsp3) is 0.250. The molecular formula is C12H15N5O. The molecule has 0 aliphatic heterocycles. The van der Waals surface area contributed by atoms with E-state index in [4.69, 9.17) is 0 Å². The van der Waals surface area contributed by atoms with Gasteiger partial charge in [-0.05, 0) is 25.2 Å². The number of nitrogens with one attached hydrogen (secondary N) is 2. The Morgan fingerprint density at radius 1 is 1.33 bits per heavy atom. The predicted octanol–water partition coefficient (Wildman–Crippen LogP) is 0.216. The molecule has 0 fully saturated rings. The molecule has 94 valence electrons. The monoisotopic (exact) mass is 245 g/mol. The summed E-state index contributed by atoms with van der Waals surface area (Å²) >= 11 is 0. The molecule has 0 bridgehead atoms. The van der Waals surface area contributed by atoms with E-state index in [2.05, 4.69) is 20.7 Å². The number of hydrogen-bond acceptors (Lipinski definition) is 4. The first-order chi connectivity index (χ1) is 8.81. The summed E-state index contributed by atoms with van der Waals surface area (Å²) in [7, 11) is 1.84. The first-order valence-electron chi connectivity index (χ1n) is 5.71. The maximum absolute atomic E-state index is 11.8. The number of likely N-dealkylation sites (N-methyl/N-ethyl adjacent to an activating group) is 1. The fourth-order valence-corrected chi connectivity index (χ4v) is 1.47. The molecule has 0 aliphatic carbocycles. The van der Waals surface area contributed by atoms with Crippen molar-refractivity contribution in [3.8, 4) is 5.82 Å². The number of hydrogen-bond donors (Lipinski definition) is 2. The summed E-state index contributed by atoms with van der Waals surface area (Å²) in [6.45, 7) is 1.30. The van der Waals surface area contributed by atoms with Crippen LogP contribution >= 0.6 is 0 Å². The van der Waals surface area contributed by atoms with Crippen LogP contribution in [0.1, 0.15) is 10.5 Å². The van der Waals surface area contributed by atoms with Crippen molar-refractivity contribution < 1.29 is 4.79 Å². The van der Waals surface area contributed by atoms with Gasteiger partial charge in [0, 0.05) is 25.5 Å². The van der Waals surface area contributed by atoms with Gasteiger partial charge in [-0.15, -0.1) is 0 Å². The lowest BCUT2D eigenvalue weighted by atomic mass is 10.3. The van der Waals surface area contributed by atoms with Gasteiger partial charge in [-0.1, -0.05) is 6.07 Å². The van der Waals surface area contributed by atoms with Crippen molar-refractivity contribution in [1.29, 1.82) is 0 Å². The number of carbonyl (C=O) groups excluding carboxylic acids is 1. The lowest BCUT2D eigenvalue weighted by Crippen LogP contribution is -2.31. The van der Waals surface area contributed by atoms with Crippen LogP contribution in [0, 0.1) is 0 Å². The van der Waals surface area contributed by atoms with Crippen molar-refractivity contribution in [2.45, 2.75) is 0 Å². The van der Waals surface area contributed by atoms with E-state index < -0.39 is 0 Å². The van der Waals surface area contributed by atoms with E-state index in [9.17, 15) is 4.79 Å². The molecule has 0 aliphatic rings. The first-order valence-corrected chi connectivity index (χ1v) is 5.71. The molecule has 0 saturated carbocycles. The first kappa shape index (κ1) is 12.3. The molecule has 2 rings (SSSR count). The Bertz CT molecular complexity index is 509. The second-order valence-corrected chi connectivity index (χ2v) is 3.69. The van der Waals surface area contributed by atoms with E-state index >= 15 is 0 Å². The minimum Gasteiger partial charge on any atom is -0.349 e. The highest BCUT2D eigenvalue weighted by molar-refractivity contribution is 5.92. The van der Waals surface area contributed by atoms with Gasteiger partial charge in [0.1, 0.15) is 5.69 Å². The molecule has 2 aromatic rings. The highest BCUT2D eigenvalue weighted by Crippen LogP contribution is 2.04. The number of pyridine rings is 1. The second kappa shape index (κ2) is 5.92. The van der Waals surface area contributed by atoms with Crippen LogP contribution < -0.4 is 10.6 Å². The maximum Gasteiger partial charge on any atom is 0.270 e. The molecule has 6 heteroatoms. The number of carbonyl (C=O) groups is 1. The van der Waals surface area contributed by atoms with Crippen molar-refractivity contribution in [1.82, 2.24) is 25.4 Å². The van der Waals surface area contributed by atoms with E-state index in [1.807, 2.05) is 7.05 Å². The van der Waals surface area contributed by atoms with Gasteiger partial charge in [-0.25, -0.2) is 9.67 Å². The molecule has 1 amide bonds. The highest BCUT2D eigenvalue weighted by Gasteiger charge is 2.07. The van der Waals surface area contributed by atoms with Gasteiger partial charge in [0.05, 0.1) is 0 Å². The molecule has 2 aromatic heterocycles. The minimum absolute atomic E-state index is 0.181. The number of rotatable bonds is 5. The highest BCUT2D eigenvalue weighted by atomic mass is 16.1. The fourth-order valence-electron chi connectivity index (χ4n) is 1.47. The van der Waals surface area contributed by atoms with Crippen molar-refractivity contribution in [2.75, 3.05) is 20.1 Å². The molecule has 2 heterocycles. The van der Waals surface area contributed by atoms with Gasteiger partial charge in [0.2, 0.25) is 0 Å². The average molecular weight is 245 g/mol. The number of aromatic nitrogens is 3. The summed E-state index contributed by atoms with van der Waals surface area (Å²) in [6, 6.07) is 7.08. The third kappa shape index (κ3) is 2.92. The standard InChI is InChI=1S/C12H15N5O/c1-13-7-8-14-12(18)10-4-2-5-11(16-10)17-9-3-6-15-17/h2-6,9,13H,7-8H2,1H3,(H,14,18). The third-order valence-corrected chi connectivity index (χ3v) is 2.37. The molecule has 0 spiro atoms. The maximum atomic E-state index is 11.8. The van der Waals surface area contributed by atoms with E-state index in [-0.39, 0.29) is 5.91 Å². The van der Waals surface area contributed by atoms with Crippen LogP contribution in [-0.2, 0) is 0 Å². The topological polar surface area (TPSA) is 71.8 Å². The van der Waals surface area contributed by atoms with E-state index in [1.165, 1.54) is 0 Å². The zero-order valence-corrected chi connectivity index (χ0v) is 10.1. The molecule has 0 aromatic carbocycles. The van der Waals surface area contributed by atoms with E-state index in [0.717, 1.165) is 6.54 Å². The van der Waals surface area contributed by atoms with Gasteiger partial charge < -0.3 is 10.6 Å². The Kier molecular flexibility index (Phi) is 4.03. The Morgan fingerprint density at radius 3 is 2.94 bits per heavy atom. The molecule has 0 radical (unpaired) electrons. The Balaban J connectivity index is 2.10. The van der Waals surface area contributed by atoms with Crippen LogP contribution in [0.4, 0.5) is 0 Å².